The van der Waals surface area contributed by atoms with Crippen LogP contribution in [-0.4, -0.2) is 11.2 Å². The Morgan fingerprint density at radius 2 is 2.18 bits per heavy atom. The molecule has 3 unspecified atom stereocenters. The number of aliphatic hydroxyl groups excluding tert-OH is 1. The van der Waals surface area contributed by atoms with Crippen molar-refractivity contribution in [1.82, 2.24) is 0 Å². The monoisotopic (exact) mass is 152 g/mol. The second kappa shape index (κ2) is 1.89. The largest absolute Gasteiger partial charge is 0.392 e. The molecule has 1 N–H and O–H groups in total. The second-order valence-corrected chi connectivity index (χ2v) is 4.73. The van der Waals surface area contributed by atoms with Gasteiger partial charge in [-0.05, 0) is 24.7 Å². The molecule has 0 aliphatic heterocycles. The molecule has 0 saturated heterocycles. The molecule has 62 valence electrons. The topological polar surface area (TPSA) is 20.2 Å². The van der Waals surface area contributed by atoms with Gasteiger partial charge in [-0.3, -0.25) is 0 Å². The molecule has 0 bridgehead atoms. The Kier molecular flexibility index (Phi) is 1.26. The zero-order chi connectivity index (χ0) is 8.22. The van der Waals surface area contributed by atoms with Crippen molar-refractivity contribution in [1.29, 1.82) is 0 Å². The highest BCUT2D eigenvalue weighted by Crippen LogP contribution is 2.56. The van der Waals surface area contributed by atoms with Crippen molar-refractivity contribution >= 4 is 0 Å². The van der Waals surface area contributed by atoms with Crippen LogP contribution in [0.4, 0.5) is 0 Å². The lowest BCUT2D eigenvalue weighted by Crippen LogP contribution is -2.30. The van der Waals surface area contributed by atoms with Crippen LogP contribution < -0.4 is 0 Å². The maximum absolute atomic E-state index is 9.63. The van der Waals surface area contributed by atoms with E-state index in [0.717, 1.165) is 6.42 Å². The quantitative estimate of drug-likeness (QED) is 0.526. The van der Waals surface area contributed by atoms with Crippen molar-refractivity contribution in [3.63, 3.8) is 0 Å². The average Bonchev–Trinajstić information content (AvgIpc) is 1.95. The summed E-state index contributed by atoms with van der Waals surface area (Å²) in [7, 11) is 0. The summed E-state index contributed by atoms with van der Waals surface area (Å²) in [6.07, 6.45) is 3.12. The Morgan fingerprint density at radius 1 is 1.55 bits per heavy atom. The average molecular weight is 152 g/mol. The molecule has 0 radical (unpaired) electrons. The van der Waals surface area contributed by atoms with E-state index in [2.05, 4.69) is 26.8 Å². The molecule has 2 aliphatic rings. The third-order valence-corrected chi connectivity index (χ3v) is 3.35. The SMILES string of the molecule is CC1=CC2C(O)CC(C)(C)C12. The molecule has 0 heterocycles. The van der Waals surface area contributed by atoms with Crippen LogP contribution in [0.3, 0.4) is 0 Å². The number of fused-ring (bicyclic) bond motifs is 1. The summed E-state index contributed by atoms with van der Waals surface area (Å²) >= 11 is 0. The molecule has 0 aromatic rings. The van der Waals surface area contributed by atoms with E-state index in [1.807, 2.05) is 0 Å². The fraction of sp³-hybridized carbons (Fsp3) is 0.800. The fourth-order valence-corrected chi connectivity index (χ4v) is 2.96. The van der Waals surface area contributed by atoms with Gasteiger partial charge in [-0.1, -0.05) is 25.5 Å². The number of allylic oxidation sites excluding steroid dienone is 1. The van der Waals surface area contributed by atoms with Gasteiger partial charge in [-0.25, -0.2) is 0 Å². The molecule has 3 atom stereocenters. The van der Waals surface area contributed by atoms with E-state index in [1.54, 1.807) is 0 Å². The summed E-state index contributed by atoms with van der Waals surface area (Å²) < 4.78 is 0. The van der Waals surface area contributed by atoms with Crippen LogP contribution in [0.2, 0.25) is 0 Å². The van der Waals surface area contributed by atoms with E-state index in [4.69, 9.17) is 0 Å². The Labute approximate surface area is 68.1 Å². The van der Waals surface area contributed by atoms with Crippen molar-refractivity contribution in [2.75, 3.05) is 0 Å². The van der Waals surface area contributed by atoms with Crippen LogP contribution in [0, 0.1) is 17.3 Å². The normalized spacial score (nSPS) is 46.2. The molecule has 1 fully saturated rings. The Balaban J connectivity index is 2.29. The van der Waals surface area contributed by atoms with Crippen molar-refractivity contribution in [3.8, 4) is 0 Å². The molecule has 11 heavy (non-hydrogen) atoms. The van der Waals surface area contributed by atoms with Gasteiger partial charge in [0.15, 0.2) is 0 Å². The van der Waals surface area contributed by atoms with Crippen LogP contribution in [0.1, 0.15) is 27.2 Å². The van der Waals surface area contributed by atoms with Gasteiger partial charge >= 0.3 is 0 Å². The summed E-state index contributed by atoms with van der Waals surface area (Å²) in [6, 6.07) is 0. The molecule has 0 aromatic carbocycles. The lowest BCUT2D eigenvalue weighted by atomic mass is 9.68. The lowest BCUT2D eigenvalue weighted by Gasteiger charge is -2.37. The van der Waals surface area contributed by atoms with E-state index in [9.17, 15) is 5.11 Å². The van der Waals surface area contributed by atoms with Crippen LogP contribution in [-0.2, 0) is 0 Å². The molecular weight excluding hydrogens is 136 g/mol. The Hall–Kier alpha value is -0.300. The standard InChI is InChI=1S/C10H16O/c1-6-4-7-8(11)5-10(2,3)9(6)7/h4,7-9,11H,5H2,1-3H3. The minimum absolute atomic E-state index is 0.0706. The fourth-order valence-electron chi connectivity index (χ4n) is 2.96. The van der Waals surface area contributed by atoms with Gasteiger partial charge < -0.3 is 5.11 Å². The first kappa shape index (κ1) is 7.35. The maximum Gasteiger partial charge on any atom is 0.0614 e. The summed E-state index contributed by atoms with van der Waals surface area (Å²) in [5, 5.41) is 9.63. The Morgan fingerprint density at radius 3 is 2.55 bits per heavy atom. The molecule has 1 heteroatoms. The third-order valence-electron chi connectivity index (χ3n) is 3.35. The number of hydrogen-bond acceptors (Lipinski definition) is 1. The van der Waals surface area contributed by atoms with Crippen LogP contribution in [0.15, 0.2) is 11.6 Å². The van der Waals surface area contributed by atoms with Crippen molar-refractivity contribution in [2.45, 2.75) is 33.3 Å². The second-order valence-electron chi connectivity index (χ2n) is 4.73. The van der Waals surface area contributed by atoms with E-state index in [1.165, 1.54) is 5.57 Å². The van der Waals surface area contributed by atoms with Gasteiger partial charge in [-0.15, -0.1) is 0 Å². The number of rotatable bonds is 0. The van der Waals surface area contributed by atoms with Gasteiger partial charge in [0.25, 0.3) is 0 Å². The van der Waals surface area contributed by atoms with Crippen molar-refractivity contribution < 1.29 is 5.11 Å². The van der Waals surface area contributed by atoms with E-state index < -0.39 is 0 Å². The highest BCUT2D eigenvalue weighted by molar-refractivity contribution is 5.28. The first-order valence-electron chi connectivity index (χ1n) is 4.39. The number of aliphatic hydroxyl groups is 1. The van der Waals surface area contributed by atoms with Gasteiger partial charge in [0.05, 0.1) is 6.10 Å². The molecule has 2 aliphatic carbocycles. The van der Waals surface area contributed by atoms with Crippen LogP contribution >= 0.6 is 0 Å². The molecule has 1 nitrogen and oxygen atoms in total. The third kappa shape index (κ3) is 0.807. The van der Waals surface area contributed by atoms with Gasteiger partial charge in [0.1, 0.15) is 0 Å². The highest BCUT2D eigenvalue weighted by atomic mass is 16.3. The maximum atomic E-state index is 9.63. The van der Waals surface area contributed by atoms with Gasteiger partial charge in [0.2, 0.25) is 0 Å². The van der Waals surface area contributed by atoms with Gasteiger partial charge in [0, 0.05) is 5.92 Å². The minimum Gasteiger partial charge on any atom is -0.392 e. The predicted molar refractivity (Wildman–Crippen MR) is 45.1 cm³/mol. The van der Waals surface area contributed by atoms with Crippen molar-refractivity contribution in [2.24, 2.45) is 17.3 Å². The summed E-state index contributed by atoms with van der Waals surface area (Å²) in [5.41, 5.74) is 1.82. The van der Waals surface area contributed by atoms with Crippen LogP contribution in [0.25, 0.3) is 0 Å². The lowest BCUT2D eigenvalue weighted by molar-refractivity contribution is 0.136. The minimum atomic E-state index is -0.0706. The molecular formula is C10H16O. The molecule has 0 aromatic heterocycles. The molecule has 0 spiro atoms. The van der Waals surface area contributed by atoms with E-state index >= 15 is 0 Å². The summed E-state index contributed by atoms with van der Waals surface area (Å²) in [4.78, 5) is 0. The predicted octanol–water partition coefficient (Wildman–Crippen LogP) is 1.97. The molecule has 0 amide bonds. The Bertz CT molecular complexity index is 215. The van der Waals surface area contributed by atoms with E-state index in [-0.39, 0.29) is 6.10 Å². The molecule has 2 rings (SSSR count). The van der Waals surface area contributed by atoms with Gasteiger partial charge in [-0.2, -0.15) is 0 Å². The zero-order valence-corrected chi connectivity index (χ0v) is 7.46. The zero-order valence-electron chi connectivity index (χ0n) is 7.46. The first-order valence-corrected chi connectivity index (χ1v) is 4.39. The summed E-state index contributed by atoms with van der Waals surface area (Å²) in [5.74, 6) is 1.14. The highest BCUT2D eigenvalue weighted by Gasteiger charge is 2.51. The molecule has 1 saturated carbocycles. The first-order chi connectivity index (χ1) is 5.02. The van der Waals surface area contributed by atoms with Crippen molar-refractivity contribution in [3.05, 3.63) is 11.6 Å². The summed E-state index contributed by atoms with van der Waals surface area (Å²) in [6.45, 7) is 6.70. The number of hydrogen-bond donors (Lipinski definition) is 1. The van der Waals surface area contributed by atoms with E-state index in [0.29, 0.717) is 17.3 Å². The van der Waals surface area contributed by atoms with Crippen LogP contribution in [0.5, 0.6) is 0 Å². The smallest absolute Gasteiger partial charge is 0.0614 e.